The van der Waals surface area contributed by atoms with Crippen molar-refractivity contribution in [1.29, 1.82) is 0 Å². The quantitative estimate of drug-likeness (QED) is 0.539. The fourth-order valence-corrected chi connectivity index (χ4v) is 3.58. The molecule has 1 aliphatic rings. The monoisotopic (exact) mass is 363 g/mol. The van der Waals surface area contributed by atoms with Gasteiger partial charge in [-0.1, -0.05) is 37.9 Å². The molecule has 2 rings (SSSR count). The Morgan fingerprint density at radius 3 is 2.68 bits per heavy atom. The van der Waals surface area contributed by atoms with Gasteiger partial charge in [-0.25, -0.2) is 4.98 Å². The van der Waals surface area contributed by atoms with Crippen LogP contribution in [0.15, 0.2) is 23.4 Å². The van der Waals surface area contributed by atoms with Crippen LogP contribution in [0.2, 0.25) is 0 Å². The summed E-state index contributed by atoms with van der Waals surface area (Å²) in [6, 6.07) is 3.85. The maximum Gasteiger partial charge on any atom is 0.255 e. The fourth-order valence-electron chi connectivity index (χ4n) is 2.92. The van der Waals surface area contributed by atoms with Gasteiger partial charge in [0, 0.05) is 25.3 Å². The van der Waals surface area contributed by atoms with E-state index in [-0.39, 0.29) is 17.9 Å². The zero-order valence-corrected chi connectivity index (χ0v) is 16.1. The van der Waals surface area contributed by atoms with Crippen molar-refractivity contribution in [3.8, 4) is 0 Å². The second kappa shape index (κ2) is 10.4. The van der Waals surface area contributed by atoms with Gasteiger partial charge in [0.15, 0.2) is 0 Å². The van der Waals surface area contributed by atoms with Crippen molar-refractivity contribution in [3.63, 3.8) is 0 Å². The van der Waals surface area contributed by atoms with Crippen molar-refractivity contribution in [2.45, 2.75) is 63.4 Å². The number of thioether (sulfide) groups is 1. The highest BCUT2D eigenvalue weighted by atomic mass is 32.2. The average Bonchev–Trinajstić information content (AvgIpc) is 3.14. The minimum atomic E-state index is 0.0352. The molecule has 0 radical (unpaired) electrons. The normalized spacial score (nSPS) is 15.2. The molecular weight excluding hydrogens is 334 g/mol. The molecule has 1 aromatic rings. The standard InChI is InChI=1S/C19H29N3O2S/c1-3-4-5-8-15(2)21-17(23)14-25-18-10-9-16(13-20-18)19(24)22-11-6-7-12-22/h9-10,13,15H,3-8,11-12,14H2,1-2H3,(H,21,23). The highest BCUT2D eigenvalue weighted by Crippen LogP contribution is 2.17. The predicted octanol–water partition coefficient (Wildman–Crippen LogP) is 3.49. The molecule has 0 saturated carbocycles. The molecule has 1 aromatic heterocycles. The molecule has 2 amide bonds. The molecule has 2 heterocycles. The summed E-state index contributed by atoms with van der Waals surface area (Å²) >= 11 is 1.40. The summed E-state index contributed by atoms with van der Waals surface area (Å²) in [5.41, 5.74) is 0.625. The maximum atomic E-state index is 12.3. The zero-order chi connectivity index (χ0) is 18.1. The van der Waals surface area contributed by atoms with Crippen LogP contribution >= 0.6 is 11.8 Å². The first-order valence-electron chi connectivity index (χ1n) is 9.27. The summed E-state index contributed by atoms with van der Waals surface area (Å²) in [4.78, 5) is 30.4. The molecule has 1 fully saturated rings. The van der Waals surface area contributed by atoms with Crippen LogP contribution in [-0.2, 0) is 4.79 Å². The third kappa shape index (κ3) is 6.69. The van der Waals surface area contributed by atoms with Crippen LogP contribution in [0.5, 0.6) is 0 Å². The molecular formula is C19H29N3O2S. The number of pyridine rings is 1. The number of carbonyl (C=O) groups excluding carboxylic acids is 2. The van der Waals surface area contributed by atoms with Gasteiger partial charge in [-0.2, -0.15) is 0 Å². The van der Waals surface area contributed by atoms with Gasteiger partial charge in [-0.15, -0.1) is 0 Å². The number of carbonyl (C=O) groups is 2. The van der Waals surface area contributed by atoms with Crippen LogP contribution in [0.4, 0.5) is 0 Å². The molecule has 5 nitrogen and oxygen atoms in total. The first kappa shape index (κ1) is 19.8. The van der Waals surface area contributed by atoms with Crippen LogP contribution in [0.3, 0.4) is 0 Å². The Kier molecular flexibility index (Phi) is 8.25. The van der Waals surface area contributed by atoms with E-state index in [0.717, 1.165) is 43.8 Å². The molecule has 1 unspecified atom stereocenters. The van der Waals surface area contributed by atoms with E-state index in [0.29, 0.717) is 11.3 Å². The molecule has 1 N–H and O–H groups in total. The summed E-state index contributed by atoms with van der Waals surface area (Å²) in [6.45, 7) is 5.91. The number of aromatic nitrogens is 1. The van der Waals surface area contributed by atoms with E-state index in [9.17, 15) is 9.59 Å². The van der Waals surface area contributed by atoms with E-state index in [4.69, 9.17) is 0 Å². The van der Waals surface area contributed by atoms with Gasteiger partial charge < -0.3 is 10.2 Å². The topological polar surface area (TPSA) is 62.3 Å². The molecule has 0 aliphatic carbocycles. The molecule has 138 valence electrons. The molecule has 1 saturated heterocycles. The van der Waals surface area contributed by atoms with Crippen LogP contribution in [0, 0.1) is 0 Å². The number of amides is 2. The van der Waals surface area contributed by atoms with Gasteiger partial charge in [0.2, 0.25) is 5.91 Å². The average molecular weight is 364 g/mol. The van der Waals surface area contributed by atoms with E-state index in [2.05, 4.69) is 24.1 Å². The predicted molar refractivity (Wildman–Crippen MR) is 102 cm³/mol. The van der Waals surface area contributed by atoms with Crippen molar-refractivity contribution >= 4 is 23.6 Å². The molecule has 0 aromatic carbocycles. The summed E-state index contributed by atoms with van der Waals surface area (Å²) in [7, 11) is 0. The Hall–Kier alpha value is -1.56. The van der Waals surface area contributed by atoms with E-state index in [1.165, 1.54) is 24.6 Å². The second-order valence-corrected chi connectivity index (χ2v) is 7.63. The van der Waals surface area contributed by atoms with Crippen molar-refractivity contribution in [1.82, 2.24) is 15.2 Å². The molecule has 0 spiro atoms. The SMILES string of the molecule is CCCCCC(C)NC(=O)CSc1ccc(C(=O)N2CCCC2)cn1. The highest BCUT2D eigenvalue weighted by molar-refractivity contribution is 7.99. The molecule has 0 bridgehead atoms. The second-order valence-electron chi connectivity index (χ2n) is 6.64. The first-order valence-corrected chi connectivity index (χ1v) is 10.3. The zero-order valence-electron chi connectivity index (χ0n) is 15.3. The van der Waals surface area contributed by atoms with Crippen molar-refractivity contribution in [3.05, 3.63) is 23.9 Å². The van der Waals surface area contributed by atoms with Crippen LogP contribution in [-0.4, -0.2) is 46.6 Å². The lowest BCUT2D eigenvalue weighted by molar-refractivity contribution is -0.119. The summed E-state index contributed by atoms with van der Waals surface area (Å²) in [6.07, 6.45) is 8.36. The van der Waals surface area contributed by atoms with E-state index in [1.54, 1.807) is 12.3 Å². The van der Waals surface area contributed by atoms with Crippen LogP contribution in [0.1, 0.15) is 62.7 Å². The van der Waals surface area contributed by atoms with Gasteiger partial charge in [0.25, 0.3) is 5.91 Å². The Morgan fingerprint density at radius 2 is 2.04 bits per heavy atom. The molecule has 6 heteroatoms. The van der Waals surface area contributed by atoms with Gasteiger partial charge in [0.05, 0.1) is 16.3 Å². The number of likely N-dealkylation sites (tertiary alicyclic amines) is 1. The third-order valence-electron chi connectivity index (χ3n) is 4.38. The third-order valence-corrected chi connectivity index (χ3v) is 5.32. The molecule has 25 heavy (non-hydrogen) atoms. The van der Waals surface area contributed by atoms with Crippen LogP contribution in [0.25, 0.3) is 0 Å². The Labute approximate surface area is 155 Å². The highest BCUT2D eigenvalue weighted by Gasteiger charge is 2.19. The largest absolute Gasteiger partial charge is 0.353 e. The lowest BCUT2D eigenvalue weighted by atomic mass is 10.1. The smallest absolute Gasteiger partial charge is 0.255 e. The van der Waals surface area contributed by atoms with Gasteiger partial charge in [-0.3, -0.25) is 9.59 Å². The minimum Gasteiger partial charge on any atom is -0.353 e. The van der Waals surface area contributed by atoms with Crippen molar-refractivity contribution in [2.24, 2.45) is 0 Å². The number of nitrogens with one attached hydrogen (secondary N) is 1. The van der Waals surface area contributed by atoms with Crippen LogP contribution < -0.4 is 5.32 Å². The Morgan fingerprint density at radius 1 is 1.28 bits per heavy atom. The van der Waals surface area contributed by atoms with Gasteiger partial charge >= 0.3 is 0 Å². The van der Waals surface area contributed by atoms with Crippen molar-refractivity contribution in [2.75, 3.05) is 18.8 Å². The maximum absolute atomic E-state index is 12.3. The lowest BCUT2D eigenvalue weighted by Gasteiger charge is -2.15. The van der Waals surface area contributed by atoms with E-state index in [1.807, 2.05) is 11.0 Å². The summed E-state index contributed by atoms with van der Waals surface area (Å²) < 4.78 is 0. The summed E-state index contributed by atoms with van der Waals surface area (Å²) in [5, 5.41) is 3.80. The number of hydrogen-bond donors (Lipinski definition) is 1. The summed E-state index contributed by atoms with van der Waals surface area (Å²) in [5.74, 6) is 0.443. The number of rotatable bonds is 9. The number of nitrogens with zero attached hydrogens (tertiary/aromatic N) is 2. The fraction of sp³-hybridized carbons (Fsp3) is 0.632. The molecule has 1 aliphatic heterocycles. The van der Waals surface area contributed by atoms with Gasteiger partial charge in [-0.05, 0) is 38.3 Å². The number of unbranched alkanes of at least 4 members (excludes halogenated alkanes) is 2. The van der Waals surface area contributed by atoms with Crippen molar-refractivity contribution < 1.29 is 9.59 Å². The minimum absolute atomic E-state index is 0.0352. The first-order chi connectivity index (χ1) is 12.1. The lowest BCUT2D eigenvalue weighted by Crippen LogP contribution is -2.33. The van der Waals surface area contributed by atoms with Gasteiger partial charge in [0.1, 0.15) is 0 Å². The van der Waals surface area contributed by atoms with E-state index < -0.39 is 0 Å². The molecule has 1 atom stereocenters. The van der Waals surface area contributed by atoms with E-state index >= 15 is 0 Å². The Bertz CT molecular complexity index is 556. The number of hydrogen-bond acceptors (Lipinski definition) is 4. The Balaban J connectivity index is 1.73.